The van der Waals surface area contributed by atoms with Crippen LogP contribution in [0.5, 0.6) is 0 Å². The monoisotopic (exact) mass is 351 g/mol. The third-order valence-corrected chi connectivity index (χ3v) is 4.90. The lowest BCUT2D eigenvalue weighted by Gasteiger charge is -2.03. The van der Waals surface area contributed by atoms with Crippen LogP contribution in [0.2, 0.25) is 0 Å². The number of nitrogen functional groups attached to an aromatic ring is 1. The molecule has 0 spiro atoms. The average Bonchev–Trinajstić information content (AvgIpc) is 3.13. The number of nitro groups is 1. The quantitative estimate of drug-likeness (QED) is 0.328. The molecule has 0 aliphatic carbocycles. The van der Waals surface area contributed by atoms with Crippen LogP contribution in [0.4, 0.5) is 9.39 Å². The molecule has 0 bridgehead atoms. The number of thioether (sulfide) groups is 1. The molecule has 0 unspecified atom stereocenters. The Morgan fingerprint density at radius 2 is 2.09 bits per heavy atom. The second kappa shape index (κ2) is 6.34. The minimum Gasteiger partial charge on any atom is -0.335 e. The van der Waals surface area contributed by atoms with Crippen LogP contribution in [0.15, 0.2) is 40.9 Å². The van der Waals surface area contributed by atoms with Gasteiger partial charge in [-0.05, 0) is 29.8 Å². The second-order valence-electron chi connectivity index (χ2n) is 4.52. The van der Waals surface area contributed by atoms with E-state index < -0.39 is 4.92 Å². The number of benzene rings is 1. The highest BCUT2D eigenvalue weighted by molar-refractivity contribution is 7.98. The van der Waals surface area contributed by atoms with Crippen LogP contribution < -0.4 is 5.84 Å². The molecule has 0 saturated heterocycles. The molecule has 23 heavy (non-hydrogen) atoms. The topological polar surface area (TPSA) is 99.9 Å². The summed E-state index contributed by atoms with van der Waals surface area (Å²) in [6, 6.07) is 7.30. The summed E-state index contributed by atoms with van der Waals surface area (Å²) in [4.78, 5) is 10.2. The van der Waals surface area contributed by atoms with E-state index in [1.165, 1.54) is 34.6 Å². The molecule has 0 amide bonds. The van der Waals surface area contributed by atoms with E-state index in [-0.39, 0.29) is 10.8 Å². The van der Waals surface area contributed by atoms with Gasteiger partial charge in [-0.1, -0.05) is 23.1 Å². The Labute approximate surface area is 138 Å². The first-order chi connectivity index (χ1) is 11.0. The standard InChI is InChI=1S/C13H10FN5O2S2/c14-10-3-1-9(2-4-10)12-16-17-13(18(12)15)23-7-8-5-11(19(20)21)22-6-8/h1-6H,7,15H2. The molecule has 1 aromatic carbocycles. The van der Waals surface area contributed by atoms with Crippen molar-refractivity contribution < 1.29 is 9.31 Å². The molecule has 3 rings (SSSR count). The Bertz CT molecular complexity index is 846. The summed E-state index contributed by atoms with van der Waals surface area (Å²) < 4.78 is 14.3. The van der Waals surface area contributed by atoms with E-state index in [4.69, 9.17) is 5.84 Å². The summed E-state index contributed by atoms with van der Waals surface area (Å²) >= 11 is 2.40. The Hall–Kier alpha value is -2.46. The van der Waals surface area contributed by atoms with Crippen molar-refractivity contribution in [3.63, 3.8) is 0 Å². The summed E-state index contributed by atoms with van der Waals surface area (Å²) in [5, 5.41) is 21.0. The molecule has 0 aliphatic rings. The Morgan fingerprint density at radius 1 is 1.35 bits per heavy atom. The van der Waals surface area contributed by atoms with Gasteiger partial charge in [0.1, 0.15) is 5.82 Å². The zero-order valence-corrected chi connectivity index (χ0v) is 13.2. The first kappa shape index (κ1) is 15.4. The van der Waals surface area contributed by atoms with Crippen LogP contribution in [0.3, 0.4) is 0 Å². The Morgan fingerprint density at radius 3 is 2.74 bits per heavy atom. The van der Waals surface area contributed by atoms with Crippen LogP contribution >= 0.6 is 23.1 Å². The molecule has 2 aromatic heterocycles. The SMILES string of the molecule is Nn1c(SCc2csc([N+](=O)[O-])c2)nnc1-c1ccc(F)cc1. The fourth-order valence-electron chi connectivity index (χ4n) is 1.85. The van der Waals surface area contributed by atoms with Crippen LogP contribution in [-0.4, -0.2) is 19.8 Å². The minimum absolute atomic E-state index is 0.0989. The van der Waals surface area contributed by atoms with Crippen molar-refractivity contribution in [2.75, 3.05) is 5.84 Å². The van der Waals surface area contributed by atoms with Gasteiger partial charge in [-0.25, -0.2) is 9.07 Å². The van der Waals surface area contributed by atoms with E-state index in [0.29, 0.717) is 22.3 Å². The fraction of sp³-hybridized carbons (Fsp3) is 0.0769. The fourth-order valence-corrected chi connectivity index (χ4v) is 3.47. The van der Waals surface area contributed by atoms with Crippen LogP contribution in [0, 0.1) is 15.9 Å². The molecule has 0 fully saturated rings. The van der Waals surface area contributed by atoms with Crippen LogP contribution in [0.25, 0.3) is 11.4 Å². The zero-order chi connectivity index (χ0) is 16.4. The van der Waals surface area contributed by atoms with Gasteiger partial charge in [0.05, 0.1) is 4.92 Å². The van der Waals surface area contributed by atoms with Crippen molar-refractivity contribution in [2.24, 2.45) is 0 Å². The van der Waals surface area contributed by atoms with Crippen LogP contribution in [-0.2, 0) is 5.75 Å². The molecule has 0 atom stereocenters. The van der Waals surface area contributed by atoms with Gasteiger partial charge in [0.2, 0.25) is 5.16 Å². The van der Waals surface area contributed by atoms with E-state index in [1.54, 1.807) is 17.5 Å². The summed E-state index contributed by atoms with van der Waals surface area (Å²) in [7, 11) is 0. The number of halogens is 1. The first-order valence-electron chi connectivity index (χ1n) is 6.35. The predicted octanol–water partition coefficient (Wildman–Crippen LogP) is 3.06. The van der Waals surface area contributed by atoms with Gasteiger partial charge < -0.3 is 5.84 Å². The summed E-state index contributed by atoms with van der Waals surface area (Å²) in [5.74, 6) is 6.53. The molecular weight excluding hydrogens is 341 g/mol. The van der Waals surface area contributed by atoms with Gasteiger partial charge in [-0.3, -0.25) is 10.1 Å². The average molecular weight is 351 g/mol. The predicted molar refractivity (Wildman–Crippen MR) is 86.1 cm³/mol. The molecular formula is C13H10FN5O2S2. The largest absolute Gasteiger partial charge is 0.335 e. The number of hydrogen-bond donors (Lipinski definition) is 1. The van der Waals surface area contributed by atoms with Crippen molar-refractivity contribution in [2.45, 2.75) is 10.9 Å². The normalized spacial score (nSPS) is 10.8. The molecule has 118 valence electrons. The van der Waals surface area contributed by atoms with Gasteiger partial charge in [-0.15, -0.1) is 10.2 Å². The first-order valence-corrected chi connectivity index (χ1v) is 8.22. The molecule has 0 radical (unpaired) electrons. The molecule has 2 N–H and O–H groups in total. The van der Waals surface area contributed by atoms with Crippen molar-refractivity contribution >= 4 is 28.1 Å². The number of rotatable bonds is 5. The molecule has 2 heterocycles. The van der Waals surface area contributed by atoms with Crippen molar-refractivity contribution in [3.05, 3.63) is 57.2 Å². The van der Waals surface area contributed by atoms with Gasteiger partial charge in [0.15, 0.2) is 5.82 Å². The van der Waals surface area contributed by atoms with E-state index >= 15 is 0 Å². The van der Waals surface area contributed by atoms with E-state index in [9.17, 15) is 14.5 Å². The molecule has 10 heteroatoms. The number of nitrogens with zero attached hydrogens (tertiary/aromatic N) is 4. The van der Waals surface area contributed by atoms with Gasteiger partial charge >= 0.3 is 5.00 Å². The lowest BCUT2D eigenvalue weighted by molar-refractivity contribution is -0.380. The Balaban J connectivity index is 1.74. The maximum Gasteiger partial charge on any atom is 0.324 e. The second-order valence-corrected chi connectivity index (χ2v) is 6.35. The lowest BCUT2D eigenvalue weighted by Crippen LogP contribution is -2.11. The maximum absolute atomic E-state index is 13.0. The third-order valence-electron chi connectivity index (χ3n) is 2.95. The molecule has 3 aromatic rings. The molecule has 0 aliphatic heterocycles. The van der Waals surface area contributed by atoms with E-state index in [1.807, 2.05) is 0 Å². The van der Waals surface area contributed by atoms with Crippen molar-refractivity contribution in [1.29, 1.82) is 0 Å². The van der Waals surface area contributed by atoms with Gasteiger partial charge in [-0.2, -0.15) is 0 Å². The highest BCUT2D eigenvalue weighted by Crippen LogP contribution is 2.29. The minimum atomic E-state index is -0.420. The lowest BCUT2D eigenvalue weighted by atomic mass is 10.2. The highest BCUT2D eigenvalue weighted by atomic mass is 32.2. The smallest absolute Gasteiger partial charge is 0.324 e. The van der Waals surface area contributed by atoms with Gasteiger partial charge in [0, 0.05) is 22.8 Å². The zero-order valence-electron chi connectivity index (χ0n) is 11.5. The summed E-state index contributed by atoms with van der Waals surface area (Å²) in [6.07, 6.45) is 0. The van der Waals surface area contributed by atoms with Crippen molar-refractivity contribution in [3.8, 4) is 11.4 Å². The highest BCUT2D eigenvalue weighted by Gasteiger charge is 2.14. The number of hydrogen-bond acceptors (Lipinski definition) is 7. The number of aromatic nitrogens is 3. The molecule has 7 nitrogen and oxygen atoms in total. The molecule has 0 saturated carbocycles. The number of nitrogens with two attached hydrogens (primary N) is 1. The number of thiophene rings is 1. The summed E-state index contributed by atoms with van der Waals surface area (Å²) in [6.45, 7) is 0. The van der Waals surface area contributed by atoms with Crippen LogP contribution in [0.1, 0.15) is 5.56 Å². The Kier molecular flexibility index (Phi) is 4.26. The van der Waals surface area contributed by atoms with E-state index in [0.717, 1.165) is 16.9 Å². The van der Waals surface area contributed by atoms with Gasteiger partial charge in [0.25, 0.3) is 0 Å². The third kappa shape index (κ3) is 3.32. The maximum atomic E-state index is 13.0. The summed E-state index contributed by atoms with van der Waals surface area (Å²) in [5.41, 5.74) is 1.47. The van der Waals surface area contributed by atoms with Crippen molar-refractivity contribution in [1.82, 2.24) is 14.9 Å². The van der Waals surface area contributed by atoms with E-state index in [2.05, 4.69) is 10.2 Å².